The van der Waals surface area contributed by atoms with E-state index < -0.39 is 11.8 Å². The van der Waals surface area contributed by atoms with Gasteiger partial charge in [-0.25, -0.2) is 0 Å². The van der Waals surface area contributed by atoms with Gasteiger partial charge in [0.05, 0.1) is 5.02 Å². The smallest absolute Gasteiger partial charge is 0.281 e. The van der Waals surface area contributed by atoms with Gasteiger partial charge >= 0.3 is 0 Å². The van der Waals surface area contributed by atoms with Crippen LogP contribution in [0.2, 0.25) is 5.02 Å². The SMILES string of the molecule is Cc1ccc(/C=C/C(=O)NC(=S)NNC(=O)c2sc3ccccc3c2Cl)cc1. The average Bonchev–Trinajstić information content (AvgIpc) is 3.03. The van der Waals surface area contributed by atoms with E-state index in [4.69, 9.17) is 23.8 Å². The van der Waals surface area contributed by atoms with Gasteiger partial charge in [-0.3, -0.25) is 25.8 Å². The van der Waals surface area contributed by atoms with E-state index in [0.29, 0.717) is 9.90 Å². The maximum Gasteiger partial charge on any atom is 0.281 e. The van der Waals surface area contributed by atoms with Crippen molar-refractivity contribution in [1.29, 1.82) is 0 Å². The van der Waals surface area contributed by atoms with Gasteiger partial charge in [-0.05, 0) is 36.8 Å². The molecular formula is C20H16ClN3O2S2. The van der Waals surface area contributed by atoms with Crippen LogP contribution in [0.4, 0.5) is 0 Å². The molecule has 0 fully saturated rings. The Morgan fingerprint density at radius 1 is 1.07 bits per heavy atom. The first kappa shape index (κ1) is 20.0. The molecule has 0 radical (unpaired) electrons. The van der Waals surface area contributed by atoms with E-state index in [1.807, 2.05) is 55.5 Å². The van der Waals surface area contributed by atoms with Crippen molar-refractivity contribution in [1.82, 2.24) is 16.2 Å². The number of hydrogen-bond donors (Lipinski definition) is 3. The number of carbonyl (C=O) groups is 2. The molecule has 2 amide bonds. The summed E-state index contributed by atoms with van der Waals surface area (Å²) in [5, 5.41) is 3.64. The van der Waals surface area contributed by atoms with E-state index in [2.05, 4.69) is 16.2 Å². The first-order valence-electron chi connectivity index (χ1n) is 8.27. The number of amides is 2. The standard InChI is InChI=1S/C20H16ClN3O2S2/c1-12-6-8-13(9-7-12)10-11-16(25)22-20(27)24-23-19(26)18-17(21)14-4-2-3-5-15(14)28-18/h2-11H,1H3,(H,23,26)(H2,22,24,25,27)/b11-10+. The zero-order chi connectivity index (χ0) is 20.1. The van der Waals surface area contributed by atoms with E-state index in [9.17, 15) is 9.59 Å². The highest BCUT2D eigenvalue weighted by atomic mass is 35.5. The molecule has 0 atom stereocenters. The number of halogens is 1. The lowest BCUT2D eigenvalue weighted by molar-refractivity contribution is -0.115. The van der Waals surface area contributed by atoms with Crippen LogP contribution in [0.25, 0.3) is 16.2 Å². The first-order valence-corrected chi connectivity index (χ1v) is 9.87. The topological polar surface area (TPSA) is 70.2 Å². The second-order valence-corrected chi connectivity index (χ2v) is 7.72. The number of nitrogens with one attached hydrogen (secondary N) is 3. The summed E-state index contributed by atoms with van der Waals surface area (Å²) < 4.78 is 0.912. The van der Waals surface area contributed by atoms with Crippen LogP contribution in [-0.4, -0.2) is 16.9 Å². The lowest BCUT2D eigenvalue weighted by Gasteiger charge is -2.09. The molecule has 0 saturated carbocycles. The lowest BCUT2D eigenvalue weighted by Crippen LogP contribution is -2.48. The third-order valence-electron chi connectivity index (χ3n) is 3.77. The van der Waals surface area contributed by atoms with Crippen LogP contribution in [0.1, 0.15) is 20.8 Å². The number of thiophene rings is 1. The van der Waals surface area contributed by atoms with Crippen LogP contribution in [-0.2, 0) is 4.79 Å². The monoisotopic (exact) mass is 429 g/mol. The minimum absolute atomic E-state index is 0.0239. The zero-order valence-corrected chi connectivity index (χ0v) is 17.2. The van der Waals surface area contributed by atoms with Crippen molar-refractivity contribution >= 4 is 68.2 Å². The van der Waals surface area contributed by atoms with Gasteiger partial charge in [0.2, 0.25) is 5.91 Å². The Morgan fingerprint density at radius 2 is 1.79 bits per heavy atom. The Balaban J connectivity index is 1.53. The van der Waals surface area contributed by atoms with Crippen LogP contribution in [0.5, 0.6) is 0 Å². The van der Waals surface area contributed by atoms with Crippen molar-refractivity contribution < 1.29 is 9.59 Å². The molecule has 28 heavy (non-hydrogen) atoms. The third-order valence-corrected chi connectivity index (χ3v) is 5.65. The minimum Gasteiger partial charge on any atom is -0.298 e. The Morgan fingerprint density at radius 3 is 2.50 bits per heavy atom. The molecule has 142 valence electrons. The predicted molar refractivity (Wildman–Crippen MR) is 118 cm³/mol. The normalized spacial score (nSPS) is 10.8. The molecule has 5 nitrogen and oxygen atoms in total. The van der Waals surface area contributed by atoms with Crippen LogP contribution in [0, 0.1) is 6.92 Å². The largest absolute Gasteiger partial charge is 0.298 e. The fourth-order valence-corrected chi connectivity index (χ4v) is 3.93. The molecule has 3 rings (SSSR count). The summed E-state index contributed by atoms with van der Waals surface area (Å²) in [4.78, 5) is 24.6. The van der Waals surface area contributed by atoms with Gasteiger partial charge in [-0.15, -0.1) is 11.3 Å². The van der Waals surface area contributed by atoms with E-state index in [-0.39, 0.29) is 5.11 Å². The van der Waals surface area contributed by atoms with Crippen LogP contribution in [0.15, 0.2) is 54.6 Å². The van der Waals surface area contributed by atoms with Gasteiger partial charge in [0, 0.05) is 16.2 Å². The second kappa shape index (κ2) is 8.97. The molecule has 0 aliphatic rings. The Hall–Kier alpha value is -2.74. The van der Waals surface area contributed by atoms with Crippen molar-refractivity contribution in [3.63, 3.8) is 0 Å². The quantitative estimate of drug-likeness (QED) is 0.331. The van der Waals surface area contributed by atoms with Crippen LogP contribution in [0.3, 0.4) is 0 Å². The number of hydrogen-bond acceptors (Lipinski definition) is 4. The highest BCUT2D eigenvalue weighted by Crippen LogP contribution is 2.34. The summed E-state index contributed by atoms with van der Waals surface area (Å²) in [6.45, 7) is 1.99. The molecule has 2 aromatic carbocycles. The number of hydrazine groups is 1. The van der Waals surface area contributed by atoms with Gasteiger partial charge in [-0.1, -0.05) is 59.6 Å². The van der Waals surface area contributed by atoms with Gasteiger partial charge in [0.1, 0.15) is 4.88 Å². The molecule has 0 spiro atoms. The van der Waals surface area contributed by atoms with Crippen molar-refractivity contribution in [3.05, 3.63) is 75.6 Å². The molecule has 0 aliphatic heterocycles. The lowest BCUT2D eigenvalue weighted by atomic mass is 10.1. The fraction of sp³-hybridized carbons (Fsp3) is 0.0500. The van der Waals surface area contributed by atoms with Gasteiger partial charge < -0.3 is 0 Å². The summed E-state index contributed by atoms with van der Waals surface area (Å²) in [7, 11) is 0. The molecule has 0 saturated heterocycles. The molecule has 8 heteroatoms. The number of fused-ring (bicyclic) bond motifs is 1. The molecule has 0 unspecified atom stereocenters. The molecule has 1 heterocycles. The van der Waals surface area contributed by atoms with Crippen LogP contribution >= 0.6 is 35.2 Å². The molecular weight excluding hydrogens is 414 g/mol. The first-order chi connectivity index (χ1) is 13.4. The molecule has 3 N–H and O–H groups in total. The third kappa shape index (κ3) is 4.95. The van der Waals surface area contributed by atoms with Crippen LogP contribution < -0.4 is 16.2 Å². The summed E-state index contributed by atoms with van der Waals surface area (Å²) in [5.41, 5.74) is 6.98. The number of carbonyl (C=O) groups excluding carboxylic acids is 2. The highest BCUT2D eigenvalue weighted by Gasteiger charge is 2.17. The van der Waals surface area contributed by atoms with Gasteiger partial charge in [0.15, 0.2) is 5.11 Å². The predicted octanol–water partition coefficient (Wildman–Crippen LogP) is 4.21. The summed E-state index contributed by atoms with van der Waals surface area (Å²) in [5.74, 6) is -0.842. The fourth-order valence-electron chi connectivity index (χ4n) is 2.36. The van der Waals surface area contributed by atoms with Crippen molar-refractivity contribution in [3.8, 4) is 0 Å². The second-order valence-electron chi connectivity index (χ2n) is 5.88. The summed E-state index contributed by atoms with van der Waals surface area (Å²) >= 11 is 12.6. The Labute approximate surface area is 176 Å². The Bertz CT molecular complexity index is 1070. The maximum absolute atomic E-state index is 12.3. The van der Waals surface area contributed by atoms with E-state index in [0.717, 1.165) is 21.2 Å². The maximum atomic E-state index is 12.3. The Kier molecular flexibility index (Phi) is 6.41. The number of aryl methyl sites for hydroxylation is 1. The minimum atomic E-state index is -0.432. The summed E-state index contributed by atoms with van der Waals surface area (Å²) in [6, 6.07) is 15.2. The highest BCUT2D eigenvalue weighted by molar-refractivity contribution is 7.80. The molecule has 3 aromatic rings. The van der Waals surface area contributed by atoms with Crippen molar-refractivity contribution in [2.24, 2.45) is 0 Å². The van der Waals surface area contributed by atoms with Crippen molar-refractivity contribution in [2.45, 2.75) is 6.92 Å². The average molecular weight is 430 g/mol. The number of rotatable bonds is 3. The van der Waals surface area contributed by atoms with E-state index in [1.165, 1.54) is 17.4 Å². The van der Waals surface area contributed by atoms with E-state index in [1.54, 1.807) is 6.08 Å². The molecule has 0 aliphatic carbocycles. The zero-order valence-electron chi connectivity index (χ0n) is 14.8. The van der Waals surface area contributed by atoms with E-state index >= 15 is 0 Å². The van der Waals surface area contributed by atoms with Gasteiger partial charge in [0.25, 0.3) is 5.91 Å². The molecule has 1 aromatic heterocycles. The number of thiocarbonyl (C=S) groups is 1. The van der Waals surface area contributed by atoms with Gasteiger partial charge in [-0.2, -0.15) is 0 Å². The molecule has 0 bridgehead atoms. The summed E-state index contributed by atoms with van der Waals surface area (Å²) in [6.07, 6.45) is 3.04. The van der Waals surface area contributed by atoms with Crippen molar-refractivity contribution in [2.75, 3.05) is 0 Å². The number of benzene rings is 2.